The lowest BCUT2D eigenvalue weighted by Gasteiger charge is -2.45. The van der Waals surface area contributed by atoms with E-state index in [0.717, 1.165) is 32.0 Å². The number of carbonyl (C=O) groups is 1. The Labute approximate surface area is 129 Å². The molecule has 21 heavy (non-hydrogen) atoms. The molecule has 4 heteroatoms. The summed E-state index contributed by atoms with van der Waals surface area (Å²) in [6, 6.07) is 0.933. The lowest BCUT2D eigenvalue weighted by Crippen LogP contribution is -2.48. The van der Waals surface area contributed by atoms with Crippen LogP contribution in [-0.2, 0) is 4.79 Å². The van der Waals surface area contributed by atoms with Crippen molar-refractivity contribution in [1.29, 1.82) is 0 Å². The molecule has 4 unspecified atom stereocenters. The Morgan fingerprint density at radius 1 is 1.29 bits per heavy atom. The van der Waals surface area contributed by atoms with Crippen LogP contribution < -0.4 is 11.1 Å². The van der Waals surface area contributed by atoms with Gasteiger partial charge in [-0.3, -0.25) is 9.69 Å². The van der Waals surface area contributed by atoms with Crippen molar-refractivity contribution in [2.45, 2.75) is 65.5 Å². The molecule has 2 rings (SSSR count). The van der Waals surface area contributed by atoms with Gasteiger partial charge in [-0.1, -0.05) is 20.8 Å². The molecule has 0 aromatic carbocycles. The number of hydrogen-bond acceptors (Lipinski definition) is 3. The standard InChI is InChI=1S/C17H33N3O/c1-12(21)19-15-7-8-20(11-15)16-9-14(17(2,3)4)6-5-13(16)10-18/h13-16H,5-11,18H2,1-4H3,(H,19,21). The fourth-order valence-electron chi connectivity index (χ4n) is 4.21. The van der Waals surface area contributed by atoms with Gasteiger partial charge in [-0.25, -0.2) is 0 Å². The molecule has 122 valence electrons. The van der Waals surface area contributed by atoms with Crippen molar-refractivity contribution in [1.82, 2.24) is 10.2 Å². The maximum absolute atomic E-state index is 11.2. The van der Waals surface area contributed by atoms with Crippen molar-refractivity contribution in [3.63, 3.8) is 0 Å². The van der Waals surface area contributed by atoms with Gasteiger partial charge in [0.05, 0.1) is 0 Å². The summed E-state index contributed by atoms with van der Waals surface area (Å²) in [5.41, 5.74) is 6.42. The summed E-state index contributed by atoms with van der Waals surface area (Å²) in [4.78, 5) is 13.8. The number of nitrogens with one attached hydrogen (secondary N) is 1. The largest absolute Gasteiger partial charge is 0.352 e. The Kier molecular flexibility index (Phi) is 5.31. The first-order chi connectivity index (χ1) is 9.81. The first-order valence-corrected chi connectivity index (χ1v) is 8.52. The second-order valence-electron chi connectivity index (χ2n) is 8.12. The molecule has 1 saturated heterocycles. The summed E-state index contributed by atoms with van der Waals surface area (Å²) < 4.78 is 0. The van der Waals surface area contributed by atoms with E-state index in [1.54, 1.807) is 6.92 Å². The highest BCUT2D eigenvalue weighted by atomic mass is 16.1. The van der Waals surface area contributed by atoms with Gasteiger partial charge >= 0.3 is 0 Å². The first kappa shape index (κ1) is 16.8. The van der Waals surface area contributed by atoms with Crippen LogP contribution in [0.25, 0.3) is 0 Å². The van der Waals surface area contributed by atoms with Gasteiger partial charge in [0, 0.05) is 32.1 Å². The van der Waals surface area contributed by atoms with Crippen LogP contribution >= 0.6 is 0 Å². The van der Waals surface area contributed by atoms with Crippen LogP contribution in [0.1, 0.15) is 53.4 Å². The fraction of sp³-hybridized carbons (Fsp3) is 0.941. The molecule has 1 aliphatic heterocycles. The zero-order valence-corrected chi connectivity index (χ0v) is 14.2. The third-order valence-electron chi connectivity index (χ3n) is 5.58. The molecular weight excluding hydrogens is 262 g/mol. The maximum atomic E-state index is 11.2. The van der Waals surface area contributed by atoms with E-state index in [4.69, 9.17) is 5.73 Å². The highest BCUT2D eigenvalue weighted by Crippen LogP contribution is 2.42. The van der Waals surface area contributed by atoms with Crippen molar-refractivity contribution >= 4 is 5.91 Å². The minimum atomic E-state index is 0.0911. The lowest BCUT2D eigenvalue weighted by atomic mass is 9.67. The zero-order valence-electron chi connectivity index (χ0n) is 14.2. The average Bonchev–Trinajstić information content (AvgIpc) is 2.84. The predicted octanol–water partition coefficient (Wildman–Crippen LogP) is 1.99. The summed E-state index contributed by atoms with van der Waals surface area (Å²) in [7, 11) is 0. The highest BCUT2D eigenvalue weighted by molar-refractivity contribution is 5.73. The molecule has 2 aliphatic rings. The third kappa shape index (κ3) is 4.19. The monoisotopic (exact) mass is 295 g/mol. The number of likely N-dealkylation sites (tertiary alicyclic amines) is 1. The SMILES string of the molecule is CC(=O)NC1CCN(C2CC(C(C)(C)C)CCC2CN)C1. The summed E-state index contributed by atoms with van der Waals surface area (Å²) in [6.07, 6.45) is 4.90. The fourth-order valence-corrected chi connectivity index (χ4v) is 4.21. The summed E-state index contributed by atoms with van der Waals surface area (Å²) in [6.45, 7) is 11.6. The quantitative estimate of drug-likeness (QED) is 0.837. The van der Waals surface area contributed by atoms with Gasteiger partial charge in [0.1, 0.15) is 0 Å². The molecule has 1 saturated carbocycles. The van der Waals surface area contributed by atoms with Crippen molar-refractivity contribution < 1.29 is 4.79 Å². The van der Waals surface area contributed by atoms with Gasteiger partial charge in [-0.2, -0.15) is 0 Å². The normalized spacial score (nSPS) is 34.9. The van der Waals surface area contributed by atoms with E-state index in [1.165, 1.54) is 19.3 Å². The van der Waals surface area contributed by atoms with Gasteiger partial charge in [0.15, 0.2) is 0 Å². The molecule has 0 bridgehead atoms. The summed E-state index contributed by atoms with van der Waals surface area (Å²) >= 11 is 0. The molecule has 0 aromatic rings. The van der Waals surface area contributed by atoms with Crippen LogP contribution in [0, 0.1) is 17.3 Å². The van der Waals surface area contributed by atoms with E-state index in [9.17, 15) is 4.79 Å². The summed E-state index contributed by atoms with van der Waals surface area (Å²) in [5, 5.41) is 3.07. The molecule has 1 aliphatic carbocycles. The number of hydrogen-bond donors (Lipinski definition) is 2. The molecule has 1 amide bonds. The Morgan fingerprint density at radius 3 is 2.57 bits per heavy atom. The number of rotatable bonds is 3. The molecule has 0 radical (unpaired) electrons. The van der Waals surface area contributed by atoms with Crippen LogP contribution in [-0.4, -0.2) is 42.5 Å². The second kappa shape index (κ2) is 6.66. The topological polar surface area (TPSA) is 58.4 Å². The lowest BCUT2D eigenvalue weighted by molar-refractivity contribution is -0.119. The third-order valence-corrected chi connectivity index (χ3v) is 5.58. The molecule has 4 atom stereocenters. The Hall–Kier alpha value is -0.610. The smallest absolute Gasteiger partial charge is 0.217 e. The van der Waals surface area contributed by atoms with Crippen LogP contribution in [0.5, 0.6) is 0 Å². The van der Waals surface area contributed by atoms with E-state index >= 15 is 0 Å². The van der Waals surface area contributed by atoms with E-state index in [2.05, 4.69) is 31.0 Å². The number of carbonyl (C=O) groups excluding carboxylic acids is 1. The van der Waals surface area contributed by atoms with E-state index in [-0.39, 0.29) is 5.91 Å². The van der Waals surface area contributed by atoms with E-state index in [0.29, 0.717) is 23.4 Å². The zero-order chi connectivity index (χ0) is 15.6. The Morgan fingerprint density at radius 2 is 2.00 bits per heavy atom. The molecule has 0 aromatic heterocycles. The predicted molar refractivity (Wildman–Crippen MR) is 86.9 cm³/mol. The minimum Gasteiger partial charge on any atom is -0.352 e. The first-order valence-electron chi connectivity index (χ1n) is 8.52. The number of nitrogens with zero attached hydrogens (tertiary/aromatic N) is 1. The Bertz CT molecular complexity index is 364. The number of nitrogens with two attached hydrogens (primary N) is 1. The molecule has 0 spiro atoms. The van der Waals surface area contributed by atoms with Crippen molar-refractivity contribution in [2.75, 3.05) is 19.6 Å². The summed E-state index contributed by atoms with van der Waals surface area (Å²) in [5.74, 6) is 1.50. The van der Waals surface area contributed by atoms with Crippen LogP contribution in [0.2, 0.25) is 0 Å². The second-order valence-corrected chi connectivity index (χ2v) is 8.12. The molecule has 2 fully saturated rings. The highest BCUT2D eigenvalue weighted by Gasteiger charge is 2.40. The van der Waals surface area contributed by atoms with Gasteiger partial charge in [0.2, 0.25) is 5.91 Å². The van der Waals surface area contributed by atoms with Crippen molar-refractivity contribution in [2.24, 2.45) is 23.0 Å². The Balaban J connectivity index is 2.00. The van der Waals surface area contributed by atoms with Gasteiger partial charge in [-0.15, -0.1) is 0 Å². The van der Waals surface area contributed by atoms with Crippen LogP contribution in [0.3, 0.4) is 0 Å². The van der Waals surface area contributed by atoms with Crippen LogP contribution in [0.4, 0.5) is 0 Å². The molecular formula is C17H33N3O. The van der Waals surface area contributed by atoms with Gasteiger partial charge in [-0.05, 0) is 49.5 Å². The molecule has 1 heterocycles. The van der Waals surface area contributed by atoms with Gasteiger partial charge < -0.3 is 11.1 Å². The van der Waals surface area contributed by atoms with Crippen LogP contribution in [0.15, 0.2) is 0 Å². The van der Waals surface area contributed by atoms with Gasteiger partial charge in [0.25, 0.3) is 0 Å². The van der Waals surface area contributed by atoms with Crippen molar-refractivity contribution in [3.8, 4) is 0 Å². The molecule has 3 N–H and O–H groups in total. The van der Waals surface area contributed by atoms with E-state index in [1.807, 2.05) is 0 Å². The average molecular weight is 295 g/mol. The maximum Gasteiger partial charge on any atom is 0.217 e. The van der Waals surface area contributed by atoms with E-state index < -0.39 is 0 Å². The minimum absolute atomic E-state index is 0.0911. The van der Waals surface area contributed by atoms with Crippen molar-refractivity contribution in [3.05, 3.63) is 0 Å². The number of amides is 1. The molecule has 4 nitrogen and oxygen atoms in total.